The van der Waals surface area contributed by atoms with Gasteiger partial charge in [0.25, 0.3) is 0 Å². The van der Waals surface area contributed by atoms with E-state index in [2.05, 4.69) is 89.6 Å². The highest BCUT2D eigenvalue weighted by molar-refractivity contribution is 6.13. The third-order valence-electron chi connectivity index (χ3n) is 7.10. The topological polar surface area (TPSA) is 40.4 Å². The fourth-order valence-corrected chi connectivity index (χ4v) is 5.19. The molecular formula is C34H26N4O. The van der Waals surface area contributed by atoms with Gasteiger partial charge in [0.1, 0.15) is 12.0 Å². The largest absolute Gasteiger partial charge is 0.453 e. The van der Waals surface area contributed by atoms with Gasteiger partial charge in [-0.25, -0.2) is 9.98 Å². The zero-order valence-electron chi connectivity index (χ0n) is 21.5. The SMILES string of the molecule is CN1C(c2ccccc2)=NC(c2ccc(N3c4ccccc4Oc4ccccc43)cc2)=NC1c1ccccc1. The first-order valence-electron chi connectivity index (χ1n) is 13.0. The molecule has 0 aliphatic carbocycles. The second kappa shape index (κ2) is 9.62. The molecule has 0 saturated carbocycles. The summed E-state index contributed by atoms with van der Waals surface area (Å²) in [4.78, 5) is 14.5. The van der Waals surface area contributed by atoms with E-state index in [0.717, 1.165) is 56.9 Å². The summed E-state index contributed by atoms with van der Waals surface area (Å²) in [6.07, 6.45) is -0.174. The van der Waals surface area contributed by atoms with Crippen LogP contribution in [-0.2, 0) is 0 Å². The molecule has 2 aliphatic rings. The summed E-state index contributed by atoms with van der Waals surface area (Å²) in [5.41, 5.74) is 6.21. The Hall–Kier alpha value is -5.16. The maximum atomic E-state index is 6.18. The number of anilines is 3. The minimum Gasteiger partial charge on any atom is -0.453 e. The lowest BCUT2D eigenvalue weighted by Crippen LogP contribution is -2.35. The highest BCUT2D eigenvalue weighted by Crippen LogP contribution is 2.50. The lowest BCUT2D eigenvalue weighted by Gasteiger charge is -2.33. The molecule has 0 spiro atoms. The van der Waals surface area contributed by atoms with Crippen molar-refractivity contribution in [2.24, 2.45) is 9.98 Å². The number of para-hydroxylation sites is 4. The summed E-state index contributed by atoms with van der Waals surface area (Å²) >= 11 is 0. The second-order valence-corrected chi connectivity index (χ2v) is 9.57. The molecule has 5 aromatic carbocycles. The van der Waals surface area contributed by atoms with E-state index in [4.69, 9.17) is 14.7 Å². The first kappa shape index (κ1) is 23.0. The molecule has 188 valence electrons. The van der Waals surface area contributed by atoms with Crippen molar-refractivity contribution in [1.29, 1.82) is 0 Å². The number of nitrogens with zero attached hydrogens (tertiary/aromatic N) is 4. The van der Waals surface area contributed by atoms with E-state index in [1.165, 1.54) is 0 Å². The summed E-state index contributed by atoms with van der Waals surface area (Å²) < 4.78 is 6.18. The quantitative estimate of drug-likeness (QED) is 0.243. The lowest BCUT2D eigenvalue weighted by atomic mass is 10.1. The molecule has 0 fully saturated rings. The zero-order valence-corrected chi connectivity index (χ0v) is 21.5. The smallest absolute Gasteiger partial charge is 0.159 e. The van der Waals surface area contributed by atoms with Crippen LogP contribution < -0.4 is 9.64 Å². The summed E-state index contributed by atoms with van der Waals surface area (Å²) in [7, 11) is 2.06. The molecular weight excluding hydrogens is 480 g/mol. The fraction of sp³-hybridized carbons (Fsp3) is 0.0588. The first-order chi connectivity index (χ1) is 19.3. The first-order valence-corrected chi connectivity index (χ1v) is 13.0. The predicted molar refractivity (Wildman–Crippen MR) is 158 cm³/mol. The van der Waals surface area contributed by atoms with E-state index in [1.807, 2.05) is 60.7 Å². The van der Waals surface area contributed by atoms with Gasteiger partial charge in [-0.15, -0.1) is 0 Å². The standard InChI is InChI=1S/C34H26N4O/c1-37-33(25-12-4-2-5-13-25)35-32(36-34(37)26-14-6-3-7-15-26)24-20-22-27(23-21-24)38-28-16-8-10-18-30(28)39-31-19-11-9-17-29(31)38/h2-23,33H,1H3. The third kappa shape index (κ3) is 4.14. The van der Waals surface area contributed by atoms with Crippen molar-refractivity contribution in [3.63, 3.8) is 0 Å². The van der Waals surface area contributed by atoms with Gasteiger partial charge in [-0.3, -0.25) is 0 Å². The fourth-order valence-electron chi connectivity index (χ4n) is 5.19. The van der Waals surface area contributed by atoms with Gasteiger partial charge in [0.05, 0.1) is 11.4 Å². The summed E-state index contributed by atoms with van der Waals surface area (Å²) in [5.74, 6) is 3.29. The average Bonchev–Trinajstić information content (AvgIpc) is 3.01. The number of hydrogen-bond donors (Lipinski definition) is 0. The minimum absolute atomic E-state index is 0.174. The van der Waals surface area contributed by atoms with Crippen molar-refractivity contribution >= 4 is 28.7 Å². The molecule has 0 N–H and O–H groups in total. The van der Waals surface area contributed by atoms with Crippen LogP contribution in [0.25, 0.3) is 0 Å². The van der Waals surface area contributed by atoms with Gasteiger partial charge in [-0.05, 0) is 54.1 Å². The minimum atomic E-state index is -0.174. The van der Waals surface area contributed by atoms with Crippen LogP contribution in [0.4, 0.5) is 17.1 Å². The predicted octanol–water partition coefficient (Wildman–Crippen LogP) is 8.10. The van der Waals surface area contributed by atoms with Gasteiger partial charge in [0, 0.05) is 23.9 Å². The van der Waals surface area contributed by atoms with E-state index in [0.29, 0.717) is 0 Å². The van der Waals surface area contributed by atoms with Gasteiger partial charge in [0.15, 0.2) is 17.3 Å². The van der Waals surface area contributed by atoms with Gasteiger partial charge >= 0.3 is 0 Å². The molecule has 5 nitrogen and oxygen atoms in total. The van der Waals surface area contributed by atoms with E-state index >= 15 is 0 Å². The highest BCUT2D eigenvalue weighted by atomic mass is 16.5. The van der Waals surface area contributed by atoms with Crippen LogP contribution in [0.5, 0.6) is 11.5 Å². The molecule has 0 amide bonds. The van der Waals surface area contributed by atoms with Crippen LogP contribution in [0.3, 0.4) is 0 Å². The Kier molecular flexibility index (Phi) is 5.67. The van der Waals surface area contributed by atoms with Gasteiger partial charge < -0.3 is 14.5 Å². The van der Waals surface area contributed by atoms with E-state index < -0.39 is 0 Å². The Labute approximate surface area is 228 Å². The van der Waals surface area contributed by atoms with Crippen LogP contribution in [-0.4, -0.2) is 23.6 Å². The van der Waals surface area contributed by atoms with Crippen molar-refractivity contribution in [3.8, 4) is 11.5 Å². The monoisotopic (exact) mass is 506 g/mol. The third-order valence-corrected chi connectivity index (χ3v) is 7.10. The number of ether oxygens (including phenoxy) is 1. The van der Waals surface area contributed by atoms with Crippen LogP contribution in [0, 0.1) is 0 Å². The number of amidine groups is 2. The van der Waals surface area contributed by atoms with Crippen molar-refractivity contribution < 1.29 is 4.74 Å². The number of fused-ring (bicyclic) bond motifs is 2. The normalized spacial score (nSPS) is 16.0. The molecule has 2 aliphatic heterocycles. The van der Waals surface area contributed by atoms with Crippen LogP contribution in [0.15, 0.2) is 143 Å². The maximum absolute atomic E-state index is 6.18. The summed E-state index contributed by atoms with van der Waals surface area (Å²) in [6.45, 7) is 0. The molecule has 39 heavy (non-hydrogen) atoms. The second-order valence-electron chi connectivity index (χ2n) is 9.57. The molecule has 0 bridgehead atoms. The molecule has 0 radical (unpaired) electrons. The number of aliphatic imine (C=N–C) groups is 2. The van der Waals surface area contributed by atoms with E-state index in [9.17, 15) is 0 Å². The Morgan fingerprint density at radius 2 is 1.15 bits per heavy atom. The molecule has 0 saturated heterocycles. The Balaban J connectivity index is 1.30. The van der Waals surface area contributed by atoms with Gasteiger partial charge in [-0.1, -0.05) is 84.9 Å². The van der Waals surface area contributed by atoms with E-state index in [-0.39, 0.29) is 6.17 Å². The van der Waals surface area contributed by atoms with Crippen molar-refractivity contribution in [1.82, 2.24) is 4.90 Å². The molecule has 1 atom stereocenters. The van der Waals surface area contributed by atoms with Crippen molar-refractivity contribution in [3.05, 3.63) is 150 Å². The number of hydrogen-bond acceptors (Lipinski definition) is 5. The zero-order chi connectivity index (χ0) is 26.2. The van der Waals surface area contributed by atoms with E-state index in [1.54, 1.807) is 0 Å². The maximum Gasteiger partial charge on any atom is 0.159 e. The number of benzene rings is 5. The molecule has 1 unspecified atom stereocenters. The Morgan fingerprint density at radius 3 is 1.79 bits per heavy atom. The summed E-state index contributed by atoms with van der Waals surface area (Å²) in [6, 6.07) is 45.4. The van der Waals surface area contributed by atoms with Crippen molar-refractivity contribution in [2.45, 2.75) is 6.17 Å². The van der Waals surface area contributed by atoms with Crippen LogP contribution in [0.1, 0.15) is 22.9 Å². The molecule has 7 rings (SSSR count). The van der Waals surface area contributed by atoms with Gasteiger partial charge in [-0.2, -0.15) is 0 Å². The van der Waals surface area contributed by atoms with Crippen molar-refractivity contribution in [2.75, 3.05) is 11.9 Å². The van der Waals surface area contributed by atoms with Gasteiger partial charge in [0.2, 0.25) is 0 Å². The van der Waals surface area contributed by atoms with Crippen LogP contribution in [0.2, 0.25) is 0 Å². The molecule has 5 aromatic rings. The molecule has 0 aromatic heterocycles. The number of rotatable bonds is 4. The average molecular weight is 507 g/mol. The molecule has 5 heteroatoms. The highest BCUT2D eigenvalue weighted by Gasteiger charge is 2.28. The molecule has 2 heterocycles. The van der Waals surface area contributed by atoms with Crippen LogP contribution >= 0.6 is 0 Å². The summed E-state index contributed by atoms with van der Waals surface area (Å²) in [5, 5.41) is 0. The Morgan fingerprint density at radius 1 is 0.590 bits per heavy atom. The lowest BCUT2D eigenvalue weighted by molar-refractivity contribution is 0.383. The Bertz CT molecular complexity index is 1650.